The molecule has 1 saturated heterocycles. The molecular weight excluding hydrogens is 374 g/mol. The van der Waals surface area contributed by atoms with E-state index >= 15 is 0 Å². The summed E-state index contributed by atoms with van der Waals surface area (Å²) in [5.74, 6) is 0.347. The van der Waals surface area contributed by atoms with E-state index in [1.807, 2.05) is 24.0 Å². The third-order valence-corrected chi connectivity index (χ3v) is 4.66. The van der Waals surface area contributed by atoms with Gasteiger partial charge in [0.2, 0.25) is 0 Å². The van der Waals surface area contributed by atoms with Crippen LogP contribution in [0.2, 0.25) is 0 Å². The van der Waals surface area contributed by atoms with Crippen molar-refractivity contribution in [2.45, 2.75) is 19.8 Å². The van der Waals surface area contributed by atoms with Crippen molar-refractivity contribution in [2.75, 3.05) is 25.0 Å². The third kappa shape index (κ3) is 4.86. The second-order valence-corrected chi connectivity index (χ2v) is 6.82. The molecular formula is C21H23N3O3S. The monoisotopic (exact) mass is 397 g/mol. The van der Waals surface area contributed by atoms with Gasteiger partial charge in [-0.25, -0.2) is 0 Å². The minimum atomic E-state index is -0.330. The zero-order chi connectivity index (χ0) is 19.9. The van der Waals surface area contributed by atoms with Gasteiger partial charge in [-0.2, -0.15) is 0 Å². The fourth-order valence-electron chi connectivity index (χ4n) is 3.07. The lowest BCUT2D eigenvalue weighted by molar-refractivity contribution is 0.0793. The molecule has 0 atom stereocenters. The number of hydrogen-bond donors (Lipinski definition) is 2. The highest BCUT2D eigenvalue weighted by atomic mass is 32.1. The van der Waals surface area contributed by atoms with E-state index in [1.165, 1.54) is 0 Å². The van der Waals surface area contributed by atoms with Gasteiger partial charge < -0.3 is 15.0 Å². The molecule has 1 aliphatic heterocycles. The van der Waals surface area contributed by atoms with Gasteiger partial charge in [-0.3, -0.25) is 14.9 Å². The lowest BCUT2D eigenvalue weighted by Gasteiger charge is -2.18. The Labute approximate surface area is 169 Å². The topological polar surface area (TPSA) is 70.7 Å². The Hall–Kier alpha value is -2.93. The van der Waals surface area contributed by atoms with Gasteiger partial charge in [0, 0.05) is 18.7 Å². The number of anilines is 1. The van der Waals surface area contributed by atoms with Gasteiger partial charge in [0.1, 0.15) is 5.75 Å². The molecule has 0 unspecified atom stereocenters. The van der Waals surface area contributed by atoms with Gasteiger partial charge in [-0.1, -0.05) is 12.1 Å². The quantitative estimate of drug-likeness (QED) is 0.757. The van der Waals surface area contributed by atoms with E-state index in [9.17, 15) is 9.59 Å². The summed E-state index contributed by atoms with van der Waals surface area (Å²) in [5.41, 5.74) is 1.59. The highest BCUT2D eigenvalue weighted by molar-refractivity contribution is 7.80. The van der Waals surface area contributed by atoms with Crippen LogP contribution in [-0.2, 0) is 0 Å². The number of para-hydroxylation sites is 1. The van der Waals surface area contributed by atoms with Gasteiger partial charge >= 0.3 is 0 Å². The van der Waals surface area contributed by atoms with Crippen molar-refractivity contribution in [3.63, 3.8) is 0 Å². The Kier molecular flexibility index (Phi) is 6.60. The molecule has 0 aliphatic carbocycles. The molecule has 146 valence electrons. The van der Waals surface area contributed by atoms with Crippen molar-refractivity contribution in [3.05, 3.63) is 59.7 Å². The van der Waals surface area contributed by atoms with Crippen LogP contribution in [0, 0.1) is 0 Å². The second-order valence-electron chi connectivity index (χ2n) is 6.41. The van der Waals surface area contributed by atoms with Crippen molar-refractivity contribution < 1.29 is 14.3 Å². The Morgan fingerprint density at radius 2 is 1.75 bits per heavy atom. The van der Waals surface area contributed by atoms with E-state index < -0.39 is 0 Å². The summed E-state index contributed by atoms with van der Waals surface area (Å²) in [4.78, 5) is 26.9. The number of nitrogens with zero attached hydrogens (tertiary/aromatic N) is 1. The van der Waals surface area contributed by atoms with Crippen LogP contribution in [0.5, 0.6) is 5.75 Å². The van der Waals surface area contributed by atoms with Crippen LogP contribution < -0.4 is 15.4 Å². The molecule has 2 amide bonds. The first kappa shape index (κ1) is 19.8. The van der Waals surface area contributed by atoms with Gasteiger partial charge in [-0.15, -0.1) is 0 Å². The largest absolute Gasteiger partial charge is 0.494 e. The van der Waals surface area contributed by atoms with E-state index in [4.69, 9.17) is 17.0 Å². The summed E-state index contributed by atoms with van der Waals surface area (Å²) in [6.07, 6.45) is 2.05. The van der Waals surface area contributed by atoms with Crippen molar-refractivity contribution in [3.8, 4) is 5.75 Å². The van der Waals surface area contributed by atoms with Crippen LogP contribution in [0.3, 0.4) is 0 Å². The average molecular weight is 398 g/mol. The number of hydrogen-bond acceptors (Lipinski definition) is 4. The highest BCUT2D eigenvalue weighted by Crippen LogP contribution is 2.20. The summed E-state index contributed by atoms with van der Waals surface area (Å²) >= 11 is 5.27. The minimum Gasteiger partial charge on any atom is -0.494 e. The second kappa shape index (κ2) is 9.32. The molecule has 0 saturated carbocycles. The Balaban J connectivity index is 1.64. The first-order valence-electron chi connectivity index (χ1n) is 9.32. The standard InChI is InChI=1S/C21H23N3O3S/c1-2-27-16-11-9-15(10-12-16)19(25)23-21(28)22-18-8-4-3-7-17(18)20(26)24-13-5-6-14-24/h3-4,7-12H,2,5-6,13-14H2,1H3,(H2,22,23,25,28). The van der Waals surface area contributed by atoms with E-state index in [0.717, 1.165) is 25.9 Å². The number of amides is 2. The fraction of sp³-hybridized carbons (Fsp3) is 0.286. The maximum atomic E-state index is 12.7. The zero-order valence-corrected chi connectivity index (χ0v) is 16.6. The normalized spacial score (nSPS) is 13.1. The van der Waals surface area contributed by atoms with Crippen molar-refractivity contribution in [1.29, 1.82) is 0 Å². The first-order valence-corrected chi connectivity index (χ1v) is 9.73. The van der Waals surface area contributed by atoms with Crippen molar-refractivity contribution in [2.24, 2.45) is 0 Å². The van der Waals surface area contributed by atoms with E-state index in [-0.39, 0.29) is 16.9 Å². The molecule has 0 aromatic heterocycles. The van der Waals surface area contributed by atoms with Gasteiger partial charge in [0.15, 0.2) is 5.11 Å². The van der Waals surface area contributed by atoms with Crippen LogP contribution in [0.4, 0.5) is 5.69 Å². The Morgan fingerprint density at radius 1 is 1.07 bits per heavy atom. The SMILES string of the molecule is CCOc1ccc(C(=O)NC(=S)Nc2ccccc2C(=O)N2CCCC2)cc1. The van der Waals surface area contributed by atoms with Crippen LogP contribution >= 0.6 is 12.2 Å². The summed E-state index contributed by atoms with van der Waals surface area (Å²) in [5, 5.41) is 5.76. The fourth-order valence-corrected chi connectivity index (χ4v) is 3.27. The molecule has 0 radical (unpaired) electrons. The predicted octanol–water partition coefficient (Wildman–Crippen LogP) is 3.45. The number of ether oxygens (including phenoxy) is 1. The molecule has 28 heavy (non-hydrogen) atoms. The van der Waals surface area contributed by atoms with E-state index in [1.54, 1.807) is 36.4 Å². The molecule has 0 bridgehead atoms. The van der Waals surface area contributed by atoms with Gasteiger partial charge in [0.25, 0.3) is 11.8 Å². The predicted molar refractivity (Wildman–Crippen MR) is 113 cm³/mol. The number of carbonyl (C=O) groups excluding carboxylic acids is 2. The molecule has 3 rings (SSSR count). The third-order valence-electron chi connectivity index (χ3n) is 4.45. The van der Waals surface area contributed by atoms with Gasteiger partial charge in [-0.05, 0) is 68.4 Å². The lowest BCUT2D eigenvalue weighted by Crippen LogP contribution is -2.35. The number of benzene rings is 2. The maximum Gasteiger partial charge on any atom is 0.257 e. The number of rotatable bonds is 5. The average Bonchev–Trinajstić information content (AvgIpc) is 3.23. The number of likely N-dealkylation sites (tertiary alicyclic amines) is 1. The number of carbonyl (C=O) groups is 2. The smallest absolute Gasteiger partial charge is 0.257 e. The summed E-state index contributed by atoms with van der Waals surface area (Å²) in [6, 6.07) is 14.0. The molecule has 2 aromatic carbocycles. The van der Waals surface area contributed by atoms with Crippen LogP contribution in [0.25, 0.3) is 0 Å². The zero-order valence-electron chi connectivity index (χ0n) is 15.7. The van der Waals surface area contributed by atoms with Crippen molar-refractivity contribution >= 4 is 34.8 Å². The highest BCUT2D eigenvalue weighted by Gasteiger charge is 2.22. The van der Waals surface area contributed by atoms with Crippen LogP contribution in [-0.4, -0.2) is 41.5 Å². The van der Waals surface area contributed by atoms with Crippen molar-refractivity contribution in [1.82, 2.24) is 10.2 Å². The molecule has 1 heterocycles. The molecule has 6 nitrogen and oxygen atoms in total. The Morgan fingerprint density at radius 3 is 2.43 bits per heavy atom. The first-order chi connectivity index (χ1) is 13.6. The summed E-state index contributed by atoms with van der Waals surface area (Å²) in [6.45, 7) is 4.00. The van der Waals surface area contributed by atoms with E-state index in [2.05, 4.69) is 10.6 Å². The van der Waals surface area contributed by atoms with E-state index in [0.29, 0.717) is 29.2 Å². The lowest BCUT2D eigenvalue weighted by atomic mass is 10.1. The number of nitrogens with one attached hydrogen (secondary N) is 2. The molecule has 2 aromatic rings. The van der Waals surface area contributed by atoms with Crippen LogP contribution in [0.1, 0.15) is 40.5 Å². The molecule has 1 fully saturated rings. The molecule has 2 N–H and O–H groups in total. The maximum absolute atomic E-state index is 12.7. The summed E-state index contributed by atoms with van der Waals surface area (Å²) < 4.78 is 5.37. The Bertz CT molecular complexity index is 861. The van der Waals surface area contributed by atoms with Crippen LogP contribution in [0.15, 0.2) is 48.5 Å². The molecule has 0 spiro atoms. The van der Waals surface area contributed by atoms with Gasteiger partial charge in [0.05, 0.1) is 17.9 Å². The number of thiocarbonyl (C=S) groups is 1. The summed E-state index contributed by atoms with van der Waals surface area (Å²) in [7, 11) is 0. The minimum absolute atomic E-state index is 0.0266. The molecule has 7 heteroatoms. The molecule has 1 aliphatic rings.